The van der Waals surface area contributed by atoms with Crippen molar-refractivity contribution in [1.29, 1.82) is 0 Å². The Bertz CT molecular complexity index is 615. The molecule has 0 aliphatic carbocycles. The molecule has 0 aliphatic heterocycles. The number of H-pyrrole nitrogens is 1. The second-order valence-electron chi connectivity index (χ2n) is 4.12. The summed E-state index contributed by atoms with van der Waals surface area (Å²) in [6.07, 6.45) is 4.18. The van der Waals surface area contributed by atoms with Gasteiger partial charge in [-0.15, -0.1) is 0 Å². The van der Waals surface area contributed by atoms with Crippen molar-refractivity contribution in [3.05, 3.63) is 48.2 Å². The Balaban J connectivity index is 1.57. The number of benzene rings is 1. The lowest BCUT2D eigenvalue weighted by Crippen LogP contribution is -2.16. The van der Waals surface area contributed by atoms with Crippen LogP contribution >= 0.6 is 0 Å². The molecule has 0 radical (unpaired) electrons. The van der Waals surface area contributed by atoms with Gasteiger partial charge in [0.1, 0.15) is 17.7 Å². The van der Waals surface area contributed by atoms with Crippen molar-refractivity contribution in [1.82, 2.24) is 20.5 Å². The Morgan fingerprint density at radius 1 is 1.28 bits per heavy atom. The van der Waals surface area contributed by atoms with E-state index in [0.29, 0.717) is 0 Å². The summed E-state index contributed by atoms with van der Waals surface area (Å²) in [7, 11) is 0. The molecule has 0 saturated carbocycles. The normalized spacial score (nSPS) is 11.1. The van der Waals surface area contributed by atoms with Crippen LogP contribution in [0.5, 0.6) is 0 Å². The summed E-state index contributed by atoms with van der Waals surface area (Å²) in [6.45, 7) is 1.65. The molecule has 0 atom stereocenters. The van der Waals surface area contributed by atoms with E-state index in [2.05, 4.69) is 26.6 Å². The van der Waals surface area contributed by atoms with Gasteiger partial charge in [0, 0.05) is 30.5 Å². The van der Waals surface area contributed by atoms with Crippen LogP contribution < -0.4 is 5.32 Å². The first-order chi connectivity index (χ1) is 8.93. The summed E-state index contributed by atoms with van der Waals surface area (Å²) in [5, 5.41) is 11.2. The van der Waals surface area contributed by atoms with Crippen molar-refractivity contribution in [2.45, 2.75) is 13.0 Å². The maximum Gasteiger partial charge on any atom is 0.137 e. The van der Waals surface area contributed by atoms with Gasteiger partial charge in [-0.05, 0) is 6.07 Å². The summed E-state index contributed by atoms with van der Waals surface area (Å²) in [5.74, 6) is 0.902. The van der Waals surface area contributed by atoms with Gasteiger partial charge in [0.15, 0.2) is 0 Å². The fraction of sp³-hybridized carbons (Fsp3) is 0.231. The summed E-state index contributed by atoms with van der Waals surface area (Å²) in [4.78, 5) is 4.08. The van der Waals surface area contributed by atoms with Crippen LogP contribution in [0.25, 0.3) is 11.0 Å². The molecule has 0 unspecified atom stereocenters. The zero-order valence-electron chi connectivity index (χ0n) is 9.89. The van der Waals surface area contributed by atoms with E-state index in [1.54, 1.807) is 0 Å². The zero-order valence-corrected chi connectivity index (χ0v) is 9.89. The zero-order chi connectivity index (χ0) is 12.2. The van der Waals surface area contributed by atoms with Crippen LogP contribution in [0.3, 0.4) is 0 Å². The van der Waals surface area contributed by atoms with Gasteiger partial charge in [0.2, 0.25) is 0 Å². The SMILES string of the molecule is c1ccc2c(CNCCc3ncn[nH]3)coc2c1. The minimum absolute atomic E-state index is 0.797. The highest BCUT2D eigenvalue weighted by atomic mass is 16.3. The molecule has 18 heavy (non-hydrogen) atoms. The van der Waals surface area contributed by atoms with Crippen molar-refractivity contribution in [3.63, 3.8) is 0 Å². The number of para-hydroxylation sites is 1. The Kier molecular flexibility index (Phi) is 3.06. The maximum absolute atomic E-state index is 5.48. The smallest absolute Gasteiger partial charge is 0.137 e. The average molecular weight is 242 g/mol. The van der Waals surface area contributed by atoms with Crippen LogP contribution in [0.15, 0.2) is 41.3 Å². The number of rotatable bonds is 5. The fourth-order valence-electron chi connectivity index (χ4n) is 1.95. The maximum atomic E-state index is 5.48. The van der Waals surface area contributed by atoms with Gasteiger partial charge in [-0.2, -0.15) is 5.10 Å². The second-order valence-corrected chi connectivity index (χ2v) is 4.12. The van der Waals surface area contributed by atoms with Crippen LogP contribution in [0.4, 0.5) is 0 Å². The van der Waals surface area contributed by atoms with E-state index in [0.717, 1.165) is 30.9 Å². The highest BCUT2D eigenvalue weighted by molar-refractivity contribution is 5.80. The summed E-state index contributed by atoms with van der Waals surface area (Å²) >= 11 is 0. The molecule has 92 valence electrons. The van der Waals surface area contributed by atoms with Crippen molar-refractivity contribution in [2.75, 3.05) is 6.54 Å². The van der Waals surface area contributed by atoms with Crippen LogP contribution in [0.1, 0.15) is 11.4 Å². The van der Waals surface area contributed by atoms with Gasteiger partial charge in [0.05, 0.1) is 6.26 Å². The molecular weight excluding hydrogens is 228 g/mol. The van der Waals surface area contributed by atoms with Crippen LogP contribution in [0, 0.1) is 0 Å². The van der Waals surface area contributed by atoms with Gasteiger partial charge < -0.3 is 9.73 Å². The molecule has 3 rings (SSSR count). The number of furan rings is 1. The number of fused-ring (bicyclic) bond motifs is 1. The number of hydrogen-bond acceptors (Lipinski definition) is 4. The van der Waals surface area contributed by atoms with E-state index in [1.165, 1.54) is 17.3 Å². The van der Waals surface area contributed by atoms with E-state index in [1.807, 2.05) is 24.5 Å². The van der Waals surface area contributed by atoms with Gasteiger partial charge in [-0.1, -0.05) is 18.2 Å². The summed E-state index contributed by atoms with van der Waals surface area (Å²) in [5.41, 5.74) is 2.12. The third kappa shape index (κ3) is 2.26. The van der Waals surface area contributed by atoms with Gasteiger partial charge in [-0.3, -0.25) is 5.10 Å². The average Bonchev–Trinajstić information content (AvgIpc) is 3.04. The molecular formula is C13H14N4O. The standard InChI is InChI=1S/C13H14N4O/c1-2-4-12-11(3-1)10(8-18-12)7-14-6-5-13-15-9-16-17-13/h1-4,8-9,14H,5-7H2,(H,15,16,17). The van der Waals surface area contributed by atoms with E-state index < -0.39 is 0 Å². The first kappa shape index (κ1) is 11.0. The third-order valence-electron chi connectivity index (χ3n) is 2.88. The number of aromatic nitrogens is 3. The topological polar surface area (TPSA) is 66.7 Å². The third-order valence-corrected chi connectivity index (χ3v) is 2.88. The second kappa shape index (κ2) is 5.01. The predicted molar refractivity (Wildman–Crippen MR) is 68.0 cm³/mol. The van der Waals surface area contributed by atoms with Gasteiger partial charge >= 0.3 is 0 Å². The lowest BCUT2D eigenvalue weighted by Gasteiger charge is -2.01. The fourth-order valence-corrected chi connectivity index (χ4v) is 1.95. The Morgan fingerprint density at radius 3 is 3.11 bits per heavy atom. The predicted octanol–water partition coefficient (Wildman–Crippen LogP) is 1.88. The molecule has 3 aromatic rings. The lowest BCUT2D eigenvalue weighted by molar-refractivity contribution is 0.601. The molecule has 5 heteroatoms. The van der Waals surface area contributed by atoms with Crippen LogP contribution in [0.2, 0.25) is 0 Å². The van der Waals surface area contributed by atoms with Gasteiger partial charge in [0.25, 0.3) is 0 Å². The molecule has 2 aromatic heterocycles. The van der Waals surface area contributed by atoms with E-state index >= 15 is 0 Å². The quantitative estimate of drug-likeness (QED) is 0.670. The highest BCUT2D eigenvalue weighted by Crippen LogP contribution is 2.20. The molecule has 1 aromatic carbocycles. The Hall–Kier alpha value is -2.14. The molecule has 5 nitrogen and oxygen atoms in total. The number of nitrogens with zero attached hydrogens (tertiary/aromatic N) is 2. The molecule has 0 saturated heterocycles. The summed E-state index contributed by atoms with van der Waals surface area (Å²) in [6, 6.07) is 8.06. The van der Waals surface area contributed by atoms with Crippen molar-refractivity contribution in [3.8, 4) is 0 Å². The minimum atomic E-state index is 0.797. The number of hydrogen-bond donors (Lipinski definition) is 2. The number of aromatic amines is 1. The molecule has 0 spiro atoms. The van der Waals surface area contributed by atoms with Gasteiger partial charge in [-0.25, -0.2) is 4.98 Å². The van der Waals surface area contributed by atoms with E-state index in [9.17, 15) is 0 Å². The molecule has 0 amide bonds. The first-order valence-corrected chi connectivity index (χ1v) is 5.93. The van der Waals surface area contributed by atoms with E-state index in [-0.39, 0.29) is 0 Å². The molecule has 0 fully saturated rings. The Labute approximate surface area is 104 Å². The van der Waals surface area contributed by atoms with Crippen molar-refractivity contribution < 1.29 is 4.42 Å². The lowest BCUT2D eigenvalue weighted by atomic mass is 10.2. The summed E-state index contributed by atoms with van der Waals surface area (Å²) < 4.78 is 5.48. The monoisotopic (exact) mass is 242 g/mol. The first-order valence-electron chi connectivity index (χ1n) is 5.93. The molecule has 0 bridgehead atoms. The molecule has 2 heterocycles. The van der Waals surface area contributed by atoms with Crippen molar-refractivity contribution >= 4 is 11.0 Å². The van der Waals surface area contributed by atoms with Crippen LogP contribution in [-0.4, -0.2) is 21.7 Å². The minimum Gasteiger partial charge on any atom is -0.464 e. The van der Waals surface area contributed by atoms with Crippen molar-refractivity contribution in [2.24, 2.45) is 0 Å². The Morgan fingerprint density at radius 2 is 2.22 bits per heavy atom. The largest absolute Gasteiger partial charge is 0.464 e. The highest BCUT2D eigenvalue weighted by Gasteiger charge is 2.04. The number of nitrogens with one attached hydrogen (secondary N) is 2. The van der Waals surface area contributed by atoms with Crippen LogP contribution in [-0.2, 0) is 13.0 Å². The molecule has 0 aliphatic rings. The molecule has 2 N–H and O–H groups in total. The van der Waals surface area contributed by atoms with E-state index in [4.69, 9.17) is 4.42 Å².